The molecule has 128 valence electrons. The Morgan fingerprint density at radius 1 is 1.17 bits per heavy atom. The molecule has 0 aliphatic rings. The lowest BCUT2D eigenvalue weighted by Gasteiger charge is -2.22. The van der Waals surface area contributed by atoms with Crippen LogP contribution >= 0.6 is 0 Å². The number of furan rings is 1. The molecule has 1 atom stereocenters. The fourth-order valence-electron chi connectivity index (χ4n) is 2.27. The summed E-state index contributed by atoms with van der Waals surface area (Å²) >= 11 is 0. The molecule has 1 aromatic heterocycles. The number of nitrogens with zero attached hydrogens (tertiary/aromatic N) is 1. The molecule has 2 aromatic rings. The Hall–Kier alpha value is -2.80. The van der Waals surface area contributed by atoms with E-state index < -0.39 is 6.03 Å². The number of amides is 3. The zero-order chi connectivity index (χ0) is 17.5. The Kier molecular flexibility index (Phi) is 5.97. The fourth-order valence-corrected chi connectivity index (χ4v) is 2.27. The van der Waals surface area contributed by atoms with Gasteiger partial charge < -0.3 is 20.8 Å². The molecule has 0 radical (unpaired) electrons. The number of hydrogen-bond donors (Lipinski definition) is 3. The molecule has 0 saturated heterocycles. The highest BCUT2D eigenvalue weighted by atomic mass is 16.3. The number of primary amides is 1. The van der Waals surface area contributed by atoms with E-state index >= 15 is 0 Å². The second kappa shape index (κ2) is 8.16. The Morgan fingerprint density at radius 2 is 1.88 bits per heavy atom. The summed E-state index contributed by atoms with van der Waals surface area (Å²) in [4.78, 5) is 24.9. The van der Waals surface area contributed by atoms with Gasteiger partial charge in [0.25, 0.3) is 5.91 Å². The van der Waals surface area contributed by atoms with Gasteiger partial charge in [-0.3, -0.25) is 9.69 Å². The van der Waals surface area contributed by atoms with Crippen LogP contribution in [0.2, 0.25) is 0 Å². The Bertz CT molecular complexity index is 666. The van der Waals surface area contributed by atoms with Crippen LogP contribution in [-0.4, -0.2) is 37.5 Å². The summed E-state index contributed by atoms with van der Waals surface area (Å²) in [7, 11) is 3.86. The lowest BCUT2D eigenvalue weighted by Crippen LogP contribution is -2.34. The quantitative estimate of drug-likeness (QED) is 0.716. The average molecular weight is 330 g/mol. The van der Waals surface area contributed by atoms with Crippen molar-refractivity contribution in [2.24, 2.45) is 5.73 Å². The third kappa shape index (κ3) is 4.85. The molecule has 7 heteroatoms. The van der Waals surface area contributed by atoms with Crippen LogP contribution in [0.25, 0.3) is 0 Å². The van der Waals surface area contributed by atoms with Gasteiger partial charge in [-0.25, -0.2) is 4.79 Å². The summed E-state index contributed by atoms with van der Waals surface area (Å²) < 4.78 is 5.42. The van der Waals surface area contributed by atoms with Gasteiger partial charge in [-0.2, -0.15) is 0 Å². The highest BCUT2D eigenvalue weighted by Crippen LogP contribution is 2.17. The molecule has 7 nitrogen and oxygen atoms in total. The molecular weight excluding hydrogens is 308 g/mol. The standard InChI is InChI=1S/C17H22N4O3/c1-21(2)14(15-4-3-9-24-15)11-19-16(22)13-7-5-12(6-8-13)10-20-17(18)23/h3-9,14H,10-11H2,1-2H3,(H,19,22)(H3,18,20,23). The maximum Gasteiger partial charge on any atom is 0.312 e. The van der Waals surface area contributed by atoms with Gasteiger partial charge >= 0.3 is 6.03 Å². The maximum atomic E-state index is 12.3. The summed E-state index contributed by atoms with van der Waals surface area (Å²) in [6.07, 6.45) is 1.62. The summed E-state index contributed by atoms with van der Waals surface area (Å²) in [6, 6.07) is 10.1. The van der Waals surface area contributed by atoms with E-state index in [1.54, 1.807) is 30.5 Å². The SMILES string of the molecule is CN(C)C(CNC(=O)c1ccc(CNC(N)=O)cc1)c1ccco1. The highest BCUT2D eigenvalue weighted by molar-refractivity contribution is 5.94. The van der Waals surface area contributed by atoms with Crippen LogP contribution in [0, 0.1) is 0 Å². The third-order valence-electron chi connectivity index (χ3n) is 3.63. The summed E-state index contributed by atoms with van der Waals surface area (Å²) in [5, 5.41) is 5.41. The minimum atomic E-state index is -0.579. The topological polar surface area (TPSA) is 101 Å². The van der Waals surface area contributed by atoms with Gasteiger partial charge in [-0.1, -0.05) is 12.1 Å². The molecule has 0 spiro atoms. The largest absolute Gasteiger partial charge is 0.468 e. The average Bonchev–Trinajstić information content (AvgIpc) is 3.07. The molecule has 1 aromatic carbocycles. The van der Waals surface area contributed by atoms with E-state index in [-0.39, 0.29) is 11.9 Å². The fraction of sp³-hybridized carbons (Fsp3) is 0.294. The van der Waals surface area contributed by atoms with Crippen molar-refractivity contribution >= 4 is 11.9 Å². The number of urea groups is 1. The van der Waals surface area contributed by atoms with Crippen molar-refractivity contribution in [2.45, 2.75) is 12.6 Å². The van der Waals surface area contributed by atoms with Gasteiger partial charge in [0, 0.05) is 18.7 Å². The number of carbonyl (C=O) groups is 2. The molecular formula is C17H22N4O3. The molecule has 3 amide bonds. The van der Waals surface area contributed by atoms with Crippen LogP contribution in [0.15, 0.2) is 47.1 Å². The Morgan fingerprint density at radius 3 is 2.42 bits per heavy atom. The molecule has 1 unspecified atom stereocenters. The van der Waals surface area contributed by atoms with Crippen LogP contribution in [0.1, 0.15) is 27.7 Å². The Balaban J connectivity index is 1.93. The molecule has 0 aliphatic carbocycles. The van der Waals surface area contributed by atoms with Crippen molar-refractivity contribution in [2.75, 3.05) is 20.6 Å². The highest BCUT2D eigenvalue weighted by Gasteiger charge is 2.18. The van der Waals surface area contributed by atoms with E-state index in [0.29, 0.717) is 18.7 Å². The molecule has 1 heterocycles. The molecule has 2 rings (SSSR count). The molecule has 4 N–H and O–H groups in total. The predicted molar refractivity (Wildman–Crippen MR) is 90.3 cm³/mol. The van der Waals surface area contributed by atoms with Gasteiger partial charge in [0.1, 0.15) is 5.76 Å². The van der Waals surface area contributed by atoms with E-state index in [2.05, 4.69) is 10.6 Å². The van der Waals surface area contributed by atoms with Gasteiger partial charge in [0.2, 0.25) is 0 Å². The van der Waals surface area contributed by atoms with Crippen molar-refractivity contribution in [3.63, 3.8) is 0 Å². The number of nitrogens with two attached hydrogens (primary N) is 1. The zero-order valence-electron chi connectivity index (χ0n) is 13.8. The van der Waals surface area contributed by atoms with E-state index in [1.807, 2.05) is 31.1 Å². The third-order valence-corrected chi connectivity index (χ3v) is 3.63. The number of nitrogens with one attached hydrogen (secondary N) is 2. The lowest BCUT2D eigenvalue weighted by atomic mass is 10.1. The van der Waals surface area contributed by atoms with Crippen molar-refractivity contribution in [1.82, 2.24) is 15.5 Å². The first kappa shape index (κ1) is 17.6. The van der Waals surface area contributed by atoms with Crippen molar-refractivity contribution in [3.05, 3.63) is 59.5 Å². The van der Waals surface area contributed by atoms with Crippen molar-refractivity contribution in [3.8, 4) is 0 Å². The number of hydrogen-bond acceptors (Lipinski definition) is 4. The number of likely N-dealkylation sites (N-methyl/N-ethyl adjacent to an activating group) is 1. The number of rotatable bonds is 7. The number of carbonyl (C=O) groups excluding carboxylic acids is 2. The lowest BCUT2D eigenvalue weighted by molar-refractivity contribution is 0.0939. The van der Waals surface area contributed by atoms with Crippen LogP contribution in [0.3, 0.4) is 0 Å². The van der Waals surface area contributed by atoms with Crippen molar-refractivity contribution in [1.29, 1.82) is 0 Å². The van der Waals surface area contributed by atoms with E-state index in [1.165, 1.54) is 0 Å². The molecule has 0 bridgehead atoms. The van der Waals surface area contributed by atoms with Crippen molar-refractivity contribution < 1.29 is 14.0 Å². The minimum absolute atomic E-state index is 0.0389. The van der Waals surface area contributed by atoms with E-state index in [0.717, 1.165) is 11.3 Å². The molecule has 0 saturated carbocycles. The normalized spacial score (nSPS) is 12.0. The zero-order valence-corrected chi connectivity index (χ0v) is 13.8. The van der Waals surface area contributed by atoms with E-state index in [9.17, 15) is 9.59 Å². The van der Waals surface area contributed by atoms with Gasteiger partial charge in [0.15, 0.2) is 0 Å². The second-order valence-corrected chi connectivity index (χ2v) is 5.62. The summed E-state index contributed by atoms with van der Waals surface area (Å²) in [6.45, 7) is 0.767. The smallest absolute Gasteiger partial charge is 0.312 e. The van der Waals surface area contributed by atoms with Crippen LogP contribution < -0.4 is 16.4 Å². The van der Waals surface area contributed by atoms with Crippen LogP contribution in [0.4, 0.5) is 4.79 Å². The molecule has 0 aliphatic heterocycles. The first-order chi connectivity index (χ1) is 11.5. The number of benzene rings is 1. The first-order valence-corrected chi connectivity index (χ1v) is 7.57. The van der Waals surface area contributed by atoms with Crippen LogP contribution in [0.5, 0.6) is 0 Å². The van der Waals surface area contributed by atoms with E-state index in [4.69, 9.17) is 10.2 Å². The van der Waals surface area contributed by atoms with Gasteiger partial charge in [-0.15, -0.1) is 0 Å². The second-order valence-electron chi connectivity index (χ2n) is 5.62. The predicted octanol–water partition coefficient (Wildman–Crippen LogP) is 1.48. The Labute approximate surface area is 140 Å². The molecule has 24 heavy (non-hydrogen) atoms. The maximum absolute atomic E-state index is 12.3. The molecule has 0 fully saturated rings. The van der Waals surface area contributed by atoms with Gasteiger partial charge in [0.05, 0.1) is 12.3 Å². The van der Waals surface area contributed by atoms with Gasteiger partial charge in [-0.05, 0) is 43.9 Å². The summed E-state index contributed by atoms with van der Waals surface area (Å²) in [5.41, 5.74) is 6.44. The first-order valence-electron chi connectivity index (χ1n) is 7.57. The minimum Gasteiger partial charge on any atom is -0.468 e. The summed E-state index contributed by atoms with van der Waals surface area (Å²) in [5.74, 6) is 0.635. The van der Waals surface area contributed by atoms with Crippen LogP contribution in [-0.2, 0) is 6.54 Å². The monoisotopic (exact) mass is 330 g/mol.